The highest BCUT2D eigenvalue weighted by atomic mass is 31.1. The van der Waals surface area contributed by atoms with Crippen LogP contribution in [0.2, 0.25) is 0 Å². The van der Waals surface area contributed by atoms with Crippen LogP contribution < -0.4 is 0 Å². The summed E-state index contributed by atoms with van der Waals surface area (Å²) in [6.45, 7) is 10.2. The van der Waals surface area contributed by atoms with Gasteiger partial charge >= 0.3 is 8.25 Å². The molecule has 0 fully saturated rings. The minimum Gasteiger partial charge on any atom is -0.395 e. The van der Waals surface area contributed by atoms with E-state index in [1.807, 2.05) is 0 Å². The van der Waals surface area contributed by atoms with Crippen molar-refractivity contribution < 1.29 is 34.0 Å². The molecule has 0 radical (unpaired) electrons. The van der Waals surface area contributed by atoms with Gasteiger partial charge in [0.25, 0.3) is 0 Å². The van der Waals surface area contributed by atoms with Crippen LogP contribution in [0.5, 0.6) is 0 Å². The second kappa shape index (κ2) is 75.0. The Kier molecular flexibility index (Phi) is 74.8. The molecule has 92 heavy (non-hydrogen) atoms. The third-order valence-electron chi connectivity index (χ3n) is 20.8. The molecule has 10 heteroatoms. The predicted molar refractivity (Wildman–Crippen MR) is 403 cm³/mol. The van der Waals surface area contributed by atoms with E-state index in [4.69, 9.17) is 9.05 Å². The van der Waals surface area contributed by atoms with Crippen LogP contribution in [0.15, 0.2) is 0 Å². The van der Waals surface area contributed by atoms with Crippen LogP contribution in [0.25, 0.3) is 0 Å². The SMILES string of the molecule is CCCCCCCCCCCCCCCCCCC(CCCCCCCCCCCCCCCCCC)(O[P+](=O)OC(CCCCCCCCCCCCCCCCCC)(CCCCCCCCCCCCCCCCCC)N(CCO)CCO)N(CCO)CCO. The molecule has 0 spiro atoms. The summed E-state index contributed by atoms with van der Waals surface area (Å²) in [5.74, 6) is 0. The van der Waals surface area contributed by atoms with Crippen molar-refractivity contribution in [3.05, 3.63) is 0 Å². The zero-order valence-corrected chi connectivity index (χ0v) is 64.0. The van der Waals surface area contributed by atoms with Crippen molar-refractivity contribution in [1.82, 2.24) is 9.80 Å². The van der Waals surface area contributed by atoms with Gasteiger partial charge < -0.3 is 20.4 Å². The summed E-state index contributed by atoms with van der Waals surface area (Å²) in [5.41, 5.74) is -1.95. The molecule has 0 heterocycles. The Morgan fingerprint density at radius 2 is 0.337 bits per heavy atom. The quantitative estimate of drug-likeness (QED) is 0.0268. The Labute approximate surface area is 577 Å². The standard InChI is InChI=1S/C82H168N2O7P/c1-5-9-13-17-21-25-29-33-37-41-45-49-53-57-61-65-69-81(83(73-77-85)74-78-86,70-66-62-58-54-50-46-42-38-34-30-26-22-18-14-10-6-2)90-92(89)91-82(84(75-79-87)76-80-88,71-67-63-59-55-51-47-43-39-35-31-27-23-19-15-11-7-3)72-68-64-60-56-52-48-44-40-36-32-28-24-20-16-12-8-4/h85-88H,5-80H2,1-4H3/q+1. The molecule has 0 rings (SSSR count). The van der Waals surface area contributed by atoms with E-state index < -0.39 is 19.7 Å². The minimum absolute atomic E-state index is 0.0795. The van der Waals surface area contributed by atoms with Crippen LogP contribution in [-0.4, -0.2) is 94.3 Å². The first kappa shape index (κ1) is 91.8. The highest BCUT2D eigenvalue weighted by Crippen LogP contribution is 2.46. The lowest BCUT2D eigenvalue weighted by Crippen LogP contribution is -2.54. The van der Waals surface area contributed by atoms with Crippen molar-refractivity contribution in [2.24, 2.45) is 0 Å². The molecular weight excluding hydrogens is 1160 g/mol. The average molecular weight is 1330 g/mol. The molecule has 0 atom stereocenters. The number of nitrogens with zero attached hydrogens (tertiary/aromatic N) is 2. The highest BCUT2D eigenvalue weighted by molar-refractivity contribution is 7.33. The maximum Gasteiger partial charge on any atom is 0.701 e. The Morgan fingerprint density at radius 3 is 0.457 bits per heavy atom. The Bertz CT molecular complexity index is 1230. The number of aliphatic hydroxyl groups is 4. The normalized spacial score (nSPS) is 12.3. The zero-order valence-electron chi connectivity index (χ0n) is 63.1. The van der Waals surface area contributed by atoms with Crippen LogP contribution >= 0.6 is 8.25 Å². The molecule has 0 aliphatic carbocycles. The molecular formula is C82H168N2O7P+. The summed E-state index contributed by atoms with van der Waals surface area (Å²) in [6.07, 6.45) is 85.6. The summed E-state index contributed by atoms with van der Waals surface area (Å²) in [7, 11) is -2.70. The Balaban J connectivity index is 6.32. The lowest BCUT2D eigenvalue weighted by Gasteiger charge is -2.41. The molecule has 0 aromatic carbocycles. The van der Waals surface area contributed by atoms with Gasteiger partial charge in [-0.05, 0) is 51.4 Å². The van der Waals surface area contributed by atoms with Gasteiger partial charge in [-0.1, -0.05) is 422 Å². The first-order valence-corrected chi connectivity index (χ1v) is 43.3. The van der Waals surface area contributed by atoms with Gasteiger partial charge in [0.2, 0.25) is 0 Å². The van der Waals surface area contributed by atoms with Crippen molar-refractivity contribution in [3.8, 4) is 0 Å². The van der Waals surface area contributed by atoms with Crippen LogP contribution in [-0.2, 0) is 13.6 Å². The molecule has 0 aliphatic rings. The average Bonchev–Trinajstić information content (AvgIpc) is 0.855. The van der Waals surface area contributed by atoms with Crippen molar-refractivity contribution >= 4 is 8.25 Å². The fraction of sp³-hybridized carbons (Fsp3) is 1.00. The topological polar surface area (TPSA) is 123 Å². The fourth-order valence-electron chi connectivity index (χ4n) is 14.8. The molecule has 4 N–H and O–H groups in total. The molecule has 552 valence electrons. The lowest BCUT2D eigenvalue weighted by atomic mass is 9.94. The van der Waals surface area contributed by atoms with Gasteiger partial charge in [-0.2, -0.15) is 0 Å². The summed E-state index contributed by atoms with van der Waals surface area (Å²) in [6, 6.07) is 0. The van der Waals surface area contributed by atoms with Gasteiger partial charge in [-0.25, -0.2) is 0 Å². The fourth-order valence-corrected chi connectivity index (χ4v) is 16.0. The molecule has 0 saturated carbocycles. The molecule has 0 unspecified atom stereocenters. The van der Waals surface area contributed by atoms with Gasteiger partial charge in [0.05, 0.1) is 26.4 Å². The van der Waals surface area contributed by atoms with Crippen molar-refractivity contribution in [1.29, 1.82) is 0 Å². The first-order valence-electron chi connectivity index (χ1n) is 42.2. The van der Waals surface area contributed by atoms with E-state index in [0.29, 0.717) is 51.9 Å². The predicted octanol–water partition coefficient (Wildman–Crippen LogP) is 26.2. The van der Waals surface area contributed by atoms with Crippen LogP contribution in [0.4, 0.5) is 0 Å². The Hall–Kier alpha value is -0.220. The van der Waals surface area contributed by atoms with E-state index >= 15 is 4.57 Å². The monoisotopic (exact) mass is 1320 g/mol. The van der Waals surface area contributed by atoms with E-state index in [0.717, 1.165) is 77.0 Å². The maximum atomic E-state index is 15.4. The van der Waals surface area contributed by atoms with Crippen molar-refractivity contribution in [3.63, 3.8) is 0 Å². The van der Waals surface area contributed by atoms with Crippen molar-refractivity contribution in [2.75, 3.05) is 52.6 Å². The summed E-state index contributed by atoms with van der Waals surface area (Å²) >= 11 is 0. The number of rotatable bonds is 82. The van der Waals surface area contributed by atoms with Crippen molar-refractivity contribution in [2.45, 2.75) is 476 Å². The largest absolute Gasteiger partial charge is 0.701 e. The van der Waals surface area contributed by atoms with E-state index in [9.17, 15) is 20.4 Å². The summed E-state index contributed by atoms with van der Waals surface area (Å²) in [5, 5.41) is 42.7. The third-order valence-corrected chi connectivity index (χ3v) is 21.8. The minimum atomic E-state index is -2.70. The van der Waals surface area contributed by atoms with E-state index in [-0.39, 0.29) is 26.4 Å². The van der Waals surface area contributed by atoms with E-state index in [2.05, 4.69) is 37.5 Å². The van der Waals surface area contributed by atoms with Crippen LogP contribution in [0, 0.1) is 0 Å². The van der Waals surface area contributed by atoms with E-state index in [1.54, 1.807) is 0 Å². The summed E-state index contributed by atoms with van der Waals surface area (Å²) < 4.78 is 29.6. The molecule has 0 saturated heterocycles. The van der Waals surface area contributed by atoms with Gasteiger partial charge in [-0.15, -0.1) is 0 Å². The number of unbranched alkanes of at least 4 members (excludes halogenated alkanes) is 60. The maximum absolute atomic E-state index is 15.4. The first-order chi connectivity index (χ1) is 45.4. The molecule has 0 aromatic rings. The molecule has 0 aromatic heterocycles. The summed E-state index contributed by atoms with van der Waals surface area (Å²) in [4.78, 5) is 4.21. The third kappa shape index (κ3) is 58.7. The number of hydrogen-bond donors (Lipinski definition) is 4. The highest BCUT2D eigenvalue weighted by Gasteiger charge is 2.51. The molecule has 0 aliphatic heterocycles. The number of aliphatic hydroxyl groups excluding tert-OH is 4. The smallest absolute Gasteiger partial charge is 0.395 e. The second-order valence-corrected chi connectivity index (χ2v) is 30.2. The van der Waals surface area contributed by atoms with Gasteiger partial charge in [0.15, 0.2) is 11.4 Å². The molecule has 0 bridgehead atoms. The lowest BCUT2D eigenvalue weighted by molar-refractivity contribution is -0.144. The second-order valence-electron chi connectivity index (χ2n) is 29.4. The molecule has 9 nitrogen and oxygen atoms in total. The van der Waals surface area contributed by atoms with Gasteiger partial charge in [0.1, 0.15) is 0 Å². The number of hydrogen-bond acceptors (Lipinski definition) is 9. The molecule has 0 amide bonds. The van der Waals surface area contributed by atoms with Gasteiger partial charge in [-0.3, -0.25) is 9.80 Å². The van der Waals surface area contributed by atoms with Gasteiger partial charge in [0, 0.05) is 30.7 Å². The zero-order chi connectivity index (χ0) is 66.9. The van der Waals surface area contributed by atoms with Crippen LogP contribution in [0.1, 0.15) is 464 Å². The van der Waals surface area contributed by atoms with E-state index in [1.165, 1.54) is 334 Å². The Morgan fingerprint density at radius 1 is 0.217 bits per heavy atom. The van der Waals surface area contributed by atoms with Crippen LogP contribution in [0.3, 0.4) is 0 Å².